The SMILES string of the molecule is COCCCn1cnnc1SC(C)c1nc(C(C)C)no1. The van der Waals surface area contributed by atoms with Crippen LogP contribution < -0.4 is 0 Å². The van der Waals surface area contributed by atoms with E-state index in [1.165, 1.54) is 0 Å². The van der Waals surface area contributed by atoms with Crippen molar-refractivity contribution in [3.05, 3.63) is 18.0 Å². The van der Waals surface area contributed by atoms with E-state index in [9.17, 15) is 0 Å². The summed E-state index contributed by atoms with van der Waals surface area (Å²) in [4.78, 5) is 4.42. The number of aromatic nitrogens is 5. The fourth-order valence-electron chi connectivity index (χ4n) is 1.72. The second-order valence-electron chi connectivity index (χ2n) is 5.06. The maximum absolute atomic E-state index is 5.32. The van der Waals surface area contributed by atoms with Crippen LogP contribution in [-0.4, -0.2) is 38.6 Å². The average molecular weight is 311 g/mol. The molecule has 7 nitrogen and oxygen atoms in total. The molecule has 1 unspecified atom stereocenters. The molecule has 0 saturated carbocycles. The molecule has 2 heterocycles. The Labute approximate surface area is 128 Å². The van der Waals surface area contributed by atoms with Crippen molar-refractivity contribution in [1.82, 2.24) is 24.9 Å². The highest BCUT2D eigenvalue weighted by Gasteiger charge is 2.19. The summed E-state index contributed by atoms with van der Waals surface area (Å²) in [5.41, 5.74) is 0. The Morgan fingerprint density at radius 3 is 2.86 bits per heavy atom. The summed E-state index contributed by atoms with van der Waals surface area (Å²) in [5.74, 6) is 1.62. The molecule has 0 fully saturated rings. The third-order valence-corrected chi connectivity index (χ3v) is 4.01. The lowest BCUT2D eigenvalue weighted by atomic mass is 10.2. The number of nitrogens with zero attached hydrogens (tertiary/aromatic N) is 5. The van der Waals surface area contributed by atoms with Crippen molar-refractivity contribution in [1.29, 1.82) is 0 Å². The molecule has 0 aliphatic carbocycles. The summed E-state index contributed by atoms with van der Waals surface area (Å²) in [6.45, 7) is 7.66. The lowest BCUT2D eigenvalue weighted by molar-refractivity contribution is 0.189. The number of ether oxygens (including phenoxy) is 1. The molecular weight excluding hydrogens is 290 g/mol. The highest BCUT2D eigenvalue weighted by atomic mass is 32.2. The van der Waals surface area contributed by atoms with Gasteiger partial charge in [0.2, 0.25) is 5.89 Å². The van der Waals surface area contributed by atoms with Gasteiger partial charge >= 0.3 is 0 Å². The minimum absolute atomic E-state index is 0.0374. The van der Waals surface area contributed by atoms with Gasteiger partial charge in [-0.05, 0) is 13.3 Å². The third kappa shape index (κ3) is 4.28. The fourth-order valence-corrected chi connectivity index (χ4v) is 2.60. The number of thioether (sulfide) groups is 1. The molecule has 116 valence electrons. The average Bonchev–Trinajstić information content (AvgIpc) is 3.08. The van der Waals surface area contributed by atoms with Gasteiger partial charge in [-0.1, -0.05) is 30.8 Å². The normalized spacial score (nSPS) is 13.0. The lowest BCUT2D eigenvalue weighted by Gasteiger charge is -2.08. The van der Waals surface area contributed by atoms with E-state index in [2.05, 4.69) is 20.3 Å². The maximum Gasteiger partial charge on any atom is 0.239 e. The Morgan fingerprint density at radius 2 is 2.19 bits per heavy atom. The molecule has 0 amide bonds. The van der Waals surface area contributed by atoms with Crippen LogP contribution in [0.1, 0.15) is 50.1 Å². The molecule has 0 radical (unpaired) electrons. The molecule has 0 aromatic carbocycles. The van der Waals surface area contributed by atoms with Gasteiger partial charge in [-0.25, -0.2) is 0 Å². The van der Waals surface area contributed by atoms with E-state index in [0.29, 0.717) is 5.89 Å². The summed E-state index contributed by atoms with van der Waals surface area (Å²) in [5, 5.41) is 13.0. The van der Waals surface area contributed by atoms with E-state index in [4.69, 9.17) is 9.26 Å². The molecule has 21 heavy (non-hydrogen) atoms. The number of rotatable bonds is 8. The number of aryl methyl sites for hydroxylation is 1. The van der Waals surface area contributed by atoms with Gasteiger partial charge in [-0.15, -0.1) is 10.2 Å². The standard InChI is InChI=1S/C13H21N5O2S/c1-9(2)11-15-12(20-17-11)10(3)21-13-16-14-8-18(13)6-5-7-19-4/h8-10H,5-7H2,1-4H3. The predicted octanol–water partition coefficient (Wildman–Crippen LogP) is 2.67. The number of hydrogen-bond donors (Lipinski definition) is 0. The van der Waals surface area contributed by atoms with Crippen LogP contribution in [0.5, 0.6) is 0 Å². The second-order valence-corrected chi connectivity index (χ2v) is 6.37. The molecule has 0 aliphatic rings. The zero-order valence-corrected chi connectivity index (χ0v) is 13.6. The Bertz CT molecular complexity index is 554. The molecule has 2 aromatic rings. The summed E-state index contributed by atoms with van der Waals surface area (Å²) in [7, 11) is 1.70. The lowest BCUT2D eigenvalue weighted by Crippen LogP contribution is -2.03. The molecule has 0 spiro atoms. The molecule has 0 aliphatic heterocycles. The van der Waals surface area contributed by atoms with Gasteiger partial charge in [0.05, 0.1) is 5.25 Å². The van der Waals surface area contributed by atoms with Crippen molar-refractivity contribution >= 4 is 11.8 Å². The molecule has 8 heteroatoms. The smallest absolute Gasteiger partial charge is 0.239 e. The molecule has 2 aromatic heterocycles. The van der Waals surface area contributed by atoms with Gasteiger partial charge in [0, 0.05) is 26.2 Å². The largest absolute Gasteiger partial charge is 0.385 e. The quantitative estimate of drug-likeness (QED) is 0.547. The van der Waals surface area contributed by atoms with Gasteiger partial charge in [-0.3, -0.25) is 0 Å². The predicted molar refractivity (Wildman–Crippen MR) is 79.2 cm³/mol. The Kier molecular flexibility index (Phi) is 5.75. The minimum atomic E-state index is 0.0374. The van der Waals surface area contributed by atoms with Gasteiger partial charge < -0.3 is 13.8 Å². The summed E-state index contributed by atoms with van der Waals surface area (Å²) in [6, 6.07) is 0. The van der Waals surface area contributed by atoms with Crippen LogP contribution >= 0.6 is 11.8 Å². The Morgan fingerprint density at radius 1 is 1.38 bits per heavy atom. The molecule has 0 N–H and O–H groups in total. The van der Waals surface area contributed by atoms with Crippen molar-refractivity contribution in [3.8, 4) is 0 Å². The summed E-state index contributed by atoms with van der Waals surface area (Å²) >= 11 is 1.57. The maximum atomic E-state index is 5.32. The van der Waals surface area contributed by atoms with E-state index < -0.39 is 0 Å². The van der Waals surface area contributed by atoms with Crippen LogP contribution in [0.3, 0.4) is 0 Å². The fraction of sp³-hybridized carbons (Fsp3) is 0.692. The summed E-state index contributed by atoms with van der Waals surface area (Å²) in [6.07, 6.45) is 2.66. The van der Waals surface area contributed by atoms with Crippen LogP contribution in [0.25, 0.3) is 0 Å². The van der Waals surface area contributed by atoms with Gasteiger partial charge in [-0.2, -0.15) is 4.98 Å². The van der Waals surface area contributed by atoms with E-state index in [1.807, 2.05) is 25.3 Å². The van der Waals surface area contributed by atoms with E-state index in [-0.39, 0.29) is 11.2 Å². The van der Waals surface area contributed by atoms with Crippen LogP contribution in [-0.2, 0) is 11.3 Å². The van der Waals surface area contributed by atoms with Crippen molar-refractivity contribution in [2.75, 3.05) is 13.7 Å². The van der Waals surface area contributed by atoms with Crippen LogP contribution in [0, 0.1) is 0 Å². The molecular formula is C13H21N5O2S. The number of hydrogen-bond acceptors (Lipinski definition) is 7. The molecule has 2 rings (SSSR count). The summed E-state index contributed by atoms with van der Waals surface area (Å²) < 4.78 is 12.4. The van der Waals surface area contributed by atoms with Gasteiger partial charge in [0.15, 0.2) is 11.0 Å². The number of methoxy groups -OCH3 is 1. The first-order chi connectivity index (χ1) is 10.1. The third-order valence-electron chi connectivity index (χ3n) is 2.93. The van der Waals surface area contributed by atoms with Crippen LogP contribution in [0.2, 0.25) is 0 Å². The van der Waals surface area contributed by atoms with Gasteiger partial charge in [0.1, 0.15) is 6.33 Å². The topological polar surface area (TPSA) is 78.9 Å². The van der Waals surface area contributed by atoms with Crippen molar-refractivity contribution < 1.29 is 9.26 Å². The van der Waals surface area contributed by atoms with E-state index >= 15 is 0 Å². The molecule has 0 saturated heterocycles. The minimum Gasteiger partial charge on any atom is -0.385 e. The van der Waals surface area contributed by atoms with E-state index in [1.54, 1.807) is 25.2 Å². The molecule has 1 atom stereocenters. The molecule has 0 bridgehead atoms. The van der Waals surface area contributed by atoms with Crippen LogP contribution in [0.15, 0.2) is 16.0 Å². The van der Waals surface area contributed by atoms with Crippen molar-refractivity contribution in [3.63, 3.8) is 0 Å². The van der Waals surface area contributed by atoms with Crippen molar-refractivity contribution in [2.24, 2.45) is 0 Å². The highest BCUT2D eigenvalue weighted by Crippen LogP contribution is 2.33. The first-order valence-electron chi connectivity index (χ1n) is 6.98. The monoisotopic (exact) mass is 311 g/mol. The highest BCUT2D eigenvalue weighted by molar-refractivity contribution is 7.99. The van der Waals surface area contributed by atoms with Gasteiger partial charge in [0.25, 0.3) is 0 Å². The Balaban J connectivity index is 1.98. The van der Waals surface area contributed by atoms with Crippen molar-refractivity contribution in [2.45, 2.75) is 50.1 Å². The van der Waals surface area contributed by atoms with E-state index in [0.717, 1.165) is 30.6 Å². The first-order valence-corrected chi connectivity index (χ1v) is 7.86. The second kappa shape index (κ2) is 7.56. The van der Waals surface area contributed by atoms with Crippen LogP contribution in [0.4, 0.5) is 0 Å². The Hall–Kier alpha value is -1.41. The zero-order valence-electron chi connectivity index (χ0n) is 12.8. The first kappa shape index (κ1) is 16.0. The zero-order chi connectivity index (χ0) is 15.2.